The molecule has 1 fully saturated rings. The number of anilines is 1. The van der Waals surface area contributed by atoms with Crippen LogP contribution in [0.3, 0.4) is 0 Å². The summed E-state index contributed by atoms with van der Waals surface area (Å²) in [6, 6.07) is 10.4. The first-order chi connectivity index (χ1) is 9.52. The molecular formula is C16H21N3O. The van der Waals surface area contributed by atoms with Gasteiger partial charge in [-0.2, -0.15) is 0 Å². The molecule has 106 valence electrons. The van der Waals surface area contributed by atoms with E-state index in [2.05, 4.69) is 41.5 Å². The highest BCUT2D eigenvalue weighted by atomic mass is 16.1. The molecule has 1 atom stereocenters. The van der Waals surface area contributed by atoms with Gasteiger partial charge in [0.05, 0.1) is 5.69 Å². The van der Waals surface area contributed by atoms with E-state index in [-0.39, 0.29) is 5.56 Å². The zero-order chi connectivity index (χ0) is 14.2. The lowest BCUT2D eigenvalue weighted by atomic mass is 9.92. The van der Waals surface area contributed by atoms with Gasteiger partial charge in [0.2, 0.25) is 0 Å². The van der Waals surface area contributed by atoms with Crippen LogP contribution in [0.15, 0.2) is 35.1 Å². The Balaban J connectivity index is 1.69. The number of hydrogen-bond donors (Lipinski definition) is 3. The Kier molecular flexibility index (Phi) is 3.16. The second-order valence-electron chi connectivity index (χ2n) is 6.50. The van der Waals surface area contributed by atoms with Crippen molar-refractivity contribution >= 4 is 5.69 Å². The SMILES string of the molecule is CC1(C)CCC(Nc2ccc(-c3cc(=O)[nH][nH]3)cc2)C1. The van der Waals surface area contributed by atoms with E-state index in [0.717, 1.165) is 16.9 Å². The molecule has 1 aliphatic rings. The molecule has 3 N–H and O–H groups in total. The van der Waals surface area contributed by atoms with E-state index < -0.39 is 0 Å². The average molecular weight is 271 g/mol. The fourth-order valence-electron chi connectivity index (χ4n) is 3.03. The van der Waals surface area contributed by atoms with Crippen LogP contribution < -0.4 is 10.9 Å². The maximum Gasteiger partial charge on any atom is 0.264 e. The van der Waals surface area contributed by atoms with Gasteiger partial charge in [-0.25, -0.2) is 0 Å². The summed E-state index contributed by atoms with van der Waals surface area (Å²) in [4.78, 5) is 11.1. The average Bonchev–Trinajstić information content (AvgIpc) is 2.97. The maximum absolute atomic E-state index is 11.1. The third-order valence-corrected chi connectivity index (χ3v) is 4.13. The lowest BCUT2D eigenvalue weighted by molar-refractivity contribution is 0.378. The van der Waals surface area contributed by atoms with Gasteiger partial charge in [-0.15, -0.1) is 0 Å². The summed E-state index contributed by atoms with van der Waals surface area (Å²) in [6.45, 7) is 4.67. The summed E-state index contributed by atoms with van der Waals surface area (Å²) in [5.41, 5.74) is 3.34. The van der Waals surface area contributed by atoms with Gasteiger partial charge in [-0.1, -0.05) is 26.0 Å². The van der Waals surface area contributed by atoms with Crippen LogP contribution in [0.25, 0.3) is 11.3 Å². The molecule has 1 aromatic heterocycles. The standard InChI is InChI=1S/C16H21N3O/c1-16(2)8-7-13(10-16)17-12-5-3-11(4-6-12)14-9-15(20)19-18-14/h3-6,9,13,17H,7-8,10H2,1-2H3,(H2,18,19,20). The second kappa shape index (κ2) is 4.85. The summed E-state index contributed by atoms with van der Waals surface area (Å²) in [5, 5.41) is 9.02. The van der Waals surface area contributed by atoms with Crippen molar-refractivity contribution in [3.8, 4) is 11.3 Å². The minimum absolute atomic E-state index is 0.101. The van der Waals surface area contributed by atoms with Crippen LogP contribution in [0.5, 0.6) is 0 Å². The van der Waals surface area contributed by atoms with Crippen molar-refractivity contribution in [2.45, 2.75) is 39.2 Å². The molecular weight excluding hydrogens is 250 g/mol. The third kappa shape index (κ3) is 2.79. The molecule has 1 aliphatic carbocycles. The predicted octanol–water partition coefficient (Wildman–Crippen LogP) is 3.36. The minimum atomic E-state index is -0.101. The summed E-state index contributed by atoms with van der Waals surface area (Å²) in [7, 11) is 0. The smallest absolute Gasteiger partial charge is 0.264 e. The molecule has 0 bridgehead atoms. The van der Waals surface area contributed by atoms with Crippen molar-refractivity contribution in [1.29, 1.82) is 0 Å². The van der Waals surface area contributed by atoms with Crippen LogP contribution >= 0.6 is 0 Å². The number of benzene rings is 1. The Bertz CT molecular complexity index is 636. The molecule has 0 radical (unpaired) electrons. The normalized spacial score (nSPS) is 21.0. The fraction of sp³-hybridized carbons (Fsp3) is 0.438. The number of H-pyrrole nitrogens is 2. The van der Waals surface area contributed by atoms with Gasteiger partial charge < -0.3 is 5.32 Å². The monoisotopic (exact) mass is 271 g/mol. The predicted molar refractivity (Wildman–Crippen MR) is 81.9 cm³/mol. The molecule has 0 amide bonds. The molecule has 4 heteroatoms. The largest absolute Gasteiger partial charge is 0.382 e. The molecule has 0 spiro atoms. The quantitative estimate of drug-likeness (QED) is 0.801. The topological polar surface area (TPSA) is 60.7 Å². The molecule has 0 saturated heterocycles. The first-order valence-corrected chi connectivity index (χ1v) is 7.17. The van der Waals surface area contributed by atoms with Gasteiger partial charge in [0.1, 0.15) is 0 Å². The van der Waals surface area contributed by atoms with Crippen LogP contribution in [0.2, 0.25) is 0 Å². The van der Waals surface area contributed by atoms with E-state index in [1.165, 1.54) is 19.3 Å². The second-order valence-corrected chi connectivity index (χ2v) is 6.50. The van der Waals surface area contributed by atoms with Crippen LogP contribution in [0, 0.1) is 5.41 Å². The van der Waals surface area contributed by atoms with E-state index in [0.29, 0.717) is 11.5 Å². The van der Waals surface area contributed by atoms with Crippen LogP contribution in [-0.4, -0.2) is 16.2 Å². The number of rotatable bonds is 3. The zero-order valence-corrected chi connectivity index (χ0v) is 12.0. The highest BCUT2D eigenvalue weighted by Crippen LogP contribution is 2.38. The maximum atomic E-state index is 11.1. The molecule has 2 aromatic rings. The first-order valence-electron chi connectivity index (χ1n) is 7.17. The van der Waals surface area contributed by atoms with Crippen molar-refractivity contribution in [1.82, 2.24) is 10.2 Å². The Labute approximate surface area is 118 Å². The van der Waals surface area contributed by atoms with E-state index in [1.54, 1.807) is 6.07 Å². The Hall–Kier alpha value is -1.97. The lowest BCUT2D eigenvalue weighted by Crippen LogP contribution is -2.17. The summed E-state index contributed by atoms with van der Waals surface area (Å²) in [6.07, 6.45) is 3.74. The van der Waals surface area contributed by atoms with Crippen molar-refractivity contribution in [2.24, 2.45) is 5.41 Å². The third-order valence-electron chi connectivity index (χ3n) is 4.13. The van der Waals surface area contributed by atoms with Crippen LogP contribution in [0.1, 0.15) is 33.1 Å². The van der Waals surface area contributed by atoms with Crippen molar-refractivity contribution in [2.75, 3.05) is 5.32 Å². The number of aromatic amines is 2. The van der Waals surface area contributed by atoms with Gasteiger partial charge in [-0.3, -0.25) is 15.0 Å². The minimum Gasteiger partial charge on any atom is -0.382 e. The van der Waals surface area contributed by atoms with Crippen molar-refractivity contribution < 1.29 is 0 Å². The lowest BCUT2D eigenvalue weighted by Gasteiger charge is -2.18. The molecule has 3 rings (SSSR count). The fourth-order valence-corrected chi connectivity index (χ4v) is 3.03. The van der Waals surface area contributed by atoms with Gasteiger partial charge in [-0.05, 0) is 42.4 Å². The summed E-state index contributed by atoms with van der Waals surface area (Å²) >= 11 is 0. The van der Waals surface area contributed by atoms with Crippen LogP contribution in [-0.2, 0) is 0 Å². The Morgan fingerprint density at radius 3 is 2.50 bits per heavy atom. The summed E-state index contributed by atoms with van der Waals surface area (Å²) in [5.74, 6) is 0. The molecule has 20 heavy (non-hydrogen) atoms. The van der Waals surface area contributed by atoms with Gasteiger partial charge >= 0.3 is 0 Å². The molecule has 1 saturated carbocycles. The number of hydrogen-bond acceptors (Lipinski definition) is 2. The van der Waals surface area contributed by atoms with E-state index in [9.17, 15) is 4.79 Å². The first kappa shape index (κ1) is 13.0. The zero-order valence-electron chi connectivity index (χ0n) is 12.0. The Morgan fingerprint density at radius 1 is 1.20 bits per heavy atom. The number of nitrogens with one attached hydrogen (secondary N) is 3. The molecule has 1 unspecified atom stereocenters. The highest BCUT2D eigenvalue weighted by molar-refractivity contribution is 5.62. The van der Waals surface area contributed by atoms with Crippen molar-refractivity contribution in [3.05, 3.63) is 40.7 Å². The highest BCUT2D eigenvalue weighted by Gasteiger charge is 2.30. The van der Waals surface area contributed by atoms with Crippen LogP contribution in [0.4, 0.5) is 5.69 Å². The van der Waals surface area contributed by atoms with Gasteiger partial charge in [0.15, 0.2) is 0 Å². The molecule has 4 nitrogen and oxygen atoms in total. The van der Waals surface area contributed by atoms with E-state index in [1.807, 2.05) is 12.1 Å². The van der Waals surface area contributed by atoms with Crippen molar-refractivity contribution in [3.63, 3.8) is 0 Å². The Morgan fingerprint density at radius 2 is 1.95 bits per heavy atom. The molecule has 0 aliphatic heterocycles. The van der Waals surface area contributed by atoms with E-state index in [4.69, 9.17) is 0 Å². The van der Waals surface area contributed by atoms with Gasteiger partial charge in [0, 0.05) is 17.8 Å². The molecule has 1 heterocycles. The number of aromatic nitrogens is 2. The van der Waals surface area contributed by atoms with E-state index >= 15 is 0 Å². The van der Waals surface area contributed by atoms with Gasteiger partial charge in [0.25, 0.3) is 5.56 Å². The summed E-state index contributed by atoms with van der Waals surface area (Å²) < 4.78 is 0. The molecule has 1 aromatic carbocycles.